The average molecular weight is 411 g/mol. The molecule has 2 N–H and O–H groups in total. The van der Waals surface area contributed by atoms with Crippen LogP contribution in [0.4, 0.5) is 13.2 Å². The molecule has 0 unspecified atom stereocenters. The zero-order valence-corrected chi connectivity index (χ0v) is 16.3. The molecule has 0 atom stereocenters. The number of carbonyl (C=O) groups is 1. The van der Waals surface area contributed by atoms with Crippen molar-refractivity contribution in [1.29, 1.82) is 0 Å². The molecule has 2 rings (SSSR count). The van der Waals surface area contributed by atoms with Crippen LogP contribution in [0.2, 0.25) is 0 Å². The maximum Gasteiger partial charge on any atom is 0.416 e. The number of carbonyl (C=O) groups excluding carboxylic acids is 1. The quantitative estimate of drug-likeness (QED) is 0.391. The first-order valence-corrected chi connectivity index (χ1v) is 8.98. The number of hydrogen-bond acceptors (Lipinski definition) is 4. The lowest BCUT2D eigenvalue weighted by Crippen LogP contribution is -2.43. The molecule has 11 heteroatoms. The van der Waals surface area contributed by atoms with Crippen molar-refractivity contribution in [3.05, 3.63) is 47.8 Å². The van der Waals surface area contributed by atoms with Gasteiger partial charge in [-0.05, 0) is 24.1 Å². The van der Waals surface area contributed by atoms with E-state index in [0.29, 0.717) is 24.6 Å². The van der Waals surface area contributed by atoms with Crippen LogP contribution < -0.4 is 10.6 Å². The topological polar surface area (TPSA) is 87.4 Å². The van der Waals surface area contributed by atoms with Crippen LogP contribution in [0, 0.1) is 0 Å². The van der Waals surface area contributed by atoms with Crippen molar-refractivity contribution in [3.8, 4) is 0 Å². The smallest absolute Gasteiger partial charge is 0.356 e. The molecular formula is C18H24F3N7O. The van der Waals surface area contributed by atoms with E-state index in [0.717, 1.165) is 18.6 Å². The van der Waals surface area contributed by atoms with E-state index in [9.17, 15) is 18.0 Å². The summed E-state index contributed by atoms with van der Waals surface area (Å²) in [5.41, 5.74) is -0.300. The Morgan fingerprint density at radius 1 is 1.28 bits per heavy atom. The molecule has 0 aliphatic rings. The van der Waals surface area contributed by atoms with Gasteiger partial charge in [0, 0.05) is 33.4 Å². The Morgan fingerprint density at radius 3 is 2.72 bits per heavy atom. The van der Waals surface area contributed by atoms with E-state index in [2.05, 4.69) is 25.9 Å². The summed E-state index contributed by atoms with van der Waals surface area (Å²) in [7, 11) is 3.27. The second kappa shape index (κ2) is 10.4. The minimum absolute atomic E-state index is 0.0184. The van der Waals surface area contributed by atoms with Gasteiger partial charge in [-0.3, -0.25) is 9.48 Å². The zero-order valence-electron chi connectivity index (χ0n) is 16.3. The Hall–Kier alpha value is -3.11. The monoisotopic (exact) mass is 411 g/mol. The number of rotatable bonds is 8. The zero-order chi connectivity index (χ0) is 21.3. The summed E-state index contributed by atoms with van der Waals surface area (Å²) in [6.07, 6.45) is -0.353. The number of amides is 1. The SMILES string of the molecule is CN(C)C(=O)CNC(=NCc1cccc(C(F)(F)F)c1)NCCCn1ccnn1. The molecule has 0 saturated carbocycles. The highest BCUT2D eigenvalue weighted by Crippen LogP contribution is 2.29. The summed E-state index contributed by atoms with van der Waals surface area (Å²) in [6, 6.07) is 5.01. The second-order valence-corrected chi connectivity index (χ2v) is 6.45. The highest BCUT2D eigenvalue weighted by molar-refractivity contribution is 5.86. The largest absolute Gasteiger partial charge is 0.416 e. The number of aromatic nitrogens is 3. The van der Waals surface area contributed by atoms with Crippen molar-refractivity contribution in [2.24, 2.45) is 4.99 Å². The average Bonchev–Trinajstić information content (AvgIpc) is 3.19. The number of aliphatic imine (C=N–C) groups is 1. The Kier molecular flexibility index (Phi) is 7.98. The van der Waals surface area contributed by atoms with Gasteiger partial charge in [0.1, 0.15) is 0 Å². The van der Waals surface area contributed by atoms with Crippen molar-refractivity contribution in [2.45, 2.75) is 25.7 Å². The first-order chi connectivity index (χ1) is 13.8. The van der Waals surface area contributed by atoms with Crippen molar-refractivity contribution in [3.63, 3.8) is 0 Å². The number of alkyl halides is 3. The number of guanidine groups is 1. The van der Waals surface area contributed by atoms with Gasteiger partial charge in [0.25, 0.3) is 0 Å². The number of halogens is 3. The summed E-state index contributed by atoms with van der Waals surface area (Å²) in [6.45, 7) is 1.23. The van der Waals surface area contributed by atoms with E-state index >= 15 is 0 Å². The minimum atomic E-state index is -4.40. The highest BCUT2D eigenvalue weighted by atomic mass is 19.4. The van der Waals surface area contributed by atoms with Gasteiger partial charge >= 0.3 is 6.18 Å². The molecular weight excluding hydrogens is 387 g/mol. The predicted octanol–water partition coefficient (Wildman–Crippen LogP) is 1.51. The van der Waals surface area contributed by atoms with E-state index in [1.54, 1.807) is 37.2 Å². The molecule has 0 saturated heterocycles. The predicted molar refractivity (Wildman–Crippen MR) is 102 cm³/mol. The van der Waals surface area contributed by atoms with Crippen LogP contribution in [0.1, 0.15) is 17.5 Å². The van der Waals surface area contributed by atoms with E-state index in [4.69, 9.17) is 0 Å². The Bertz CT molecular complexity index is 804. The van der Waals surface area contributed by atoms with Crippen LogP contribution in [0.3, 0.4) is 0 Å². The van der Waals surface area contributed by atoms with Crippen LogP contribution in [0.5, 0.6) is 0 Å². The summed E-state index contributed by atoms with van der Waals surface area (Å²) >= 11 is 0. The normalized spacial score (nSPS) is 12.0. The number of aryl methyl sites for hydroxylation is 1. The van der Waals surface area contributed by atoms with Gasteiger partial charge in [-0.1, -0.05) is 17.3 Å². The van der Waals surface area contributed by atoms with Crippen LogP contribution in [-0.2, 0) is 24.1 Å². The lowest BCUT2D eigenvalue weighted by atomic mass is 10.1. The number of benzene rings is 1. The molecule has 0 aliphatic carbocycles. The fourth-order valence-electron chi connectivity index (χ4n) is 2.31. The Balaban J connectivity index is 1.97. The molecule has 1 aromatic heterocycles. The van der Waals surface area contributed by atoms with E-state index < -0.39 is 11.7 Å². The summed E-state index contributed by atoms with van der Waals surface area (Å²) in [5, 5.41) is 13.6. The standard InChI is InChI=1S/C18H24F3N7O/c1-27(2)16(29)13-24-17(22-7-4-9-28-10-8-25-26-28)23-12-14-5-3-6-15(11-14)18(19,20)21/h3,5-6,8,10-11H,4,7,9,12-13H2,1-2H3,(H2,22,23,24). The van der Waals surface area contributed by atoms with Crippen molar-refractivity contribution < 1.29 is 18.0 Å². The van der Waals surface area contributed by atoms with Gasteiger partial charge in [-0.25, -0.2) is 4.99 Å². The van der Waals surface area contributed by atoms with Gasteiger partial charge in [0.2, 0.25) is 5.91 Å². The first kappa shape index (κ1) is 22.2. The molecule has 0 radical (unpaired) electrons. The molecule has 1 aromatic carbocycles. The summed E-state index contributed by atoms with van der Waals surface area (Å²) < 4.78 is 40.3. The maximum absolute atomic E-state index is 12.9. The molecule has 2 aromatic rings. The Labute approximate surface area is 166 Å². The minimum Gasteiger partial charge on any atom is -0.356 e. The third-order valence-electron chi connectivity index (χ3n) is 3.91. The van der Waals surface area contributed by atoms with Crippen molar-refractivity contribution >= 4 is 11.9 Å². The number of likely N-dealkylation sites (N-methyl/N-ethyl adjacent to an activating group) is 1. The van der Waals surface area contributed by atoms with Crippen LogP contribution in [0.25, 0.3) is 0 Å². The molecule has 0 aliphatic heterocycles. The van der Waals surface area contributed by atoms with Crippen LogP contribution >= 0.6 is 0 Å². The van der Waals surface area contributed by atoms with Crippen molar-refractivity contribution in [1.82, 2.24) is 30.5 Å². The lowest BCUT2D eigenvalue weighted by Gasteiger charge is -2.15. The number of nitrogens with zero attached hydrogens (tertiary/aromatic N) is 5. The number of nitrogens with one attached hydrogen (secondary N) is 2. The van der Waals surface area contributed by atoms with Gasteiger partial charge in [-0.2, -0.15) is 13.2 Å². The molecule has 1 heterocycles. The van der Waals surface area contributed by atoms with Crippen LogP contribution in [-0.4, -0.2) is 58.9 Å². The van der Waals surface area contributed by atoms with Gasteiger partial charge in [-0.15, -0.1) is 5.10 Å². The molecule has 0 fully saturated rings. The molecule has 1 amide bonds. The molecule has 0 spiro atoms. The second-order valence-electron chi connectivity index (χ2n) is 6.45. The van der Waals surface area contributed by atoms with Crippen LogP contribution in [0.15, 0.2) is 41.7 Å². The first-order valence-electron chi connectivity index (χ1n) is 8.98. The fraction of sp³-hybridized carbons (Fsp3) is 0.444. The maximum atomic E-state index is 12.9. The highest BCUT2D eigenvalue weighted by Gasteiger charge is 2.30. The number of hydrogen-bond donors (Lipinski definition) is 2. The van der Waals surface area contributed by atoms with E-state index in [-0.39, 0.29) is 19.0 Å². The molecule has 29 heavy (non-hydrogen) atoms. The van der Waals surface area contributed by atoms with Gasteiger partial charge in [0.05, 0.1) is 24.8 Å². The third kappa shape index (κ3) is 7.80. The van der Waals surface area contributed by atoms with E-state index in [1.165, 1.54) is 11.0 Å². The molecule has 0 bridgehead atoms. The van der Waals surface area contributed by atoms with E-state index in [1.807, 2.05) is 0 Å². The third-order valence-corrected chi connectivity index (χ3v) is 3.91. The summed E-state index contributed by atoms with van der Waals surface area (Å²) in [4.78, 5) is 17.5. The van der Waals surface area contributed by atoms with Crippen molar-refractivity contribution in [2.75, 3.05) is 27.2 Å². The lowest BCUT2D eigenvalue weighted by molar-refractivity contribution is -0.137. The van der Waals surface area contributed by atoms with Gasteiger partial charge in [0.15, 0.2) is 5.96 Å². The van der Waals surface area contributed by atoms with Gasteiger partial charge < -0.3 is 15.5 Å². The Morgan fingerprint density at radius 2 is 2.07 bits per heavy atom. The molecule has 158 valence electrons. The summed E-state index contributed by atoms with van der Waals surface area (Å²) in [5.74, 6) is 0.192. The molecule has 8 nitrogen and oxygen atoms in total. The fourth-order valence-corrected chi connectivity index (χ4v) is 2.31.